The Morgan fingerprint density at radius 3 is 2.60 bits per heavy atom. The first-order valence-corrected chi connectivity index (χ1v) is 3.69. The Kier molecular flexibility index (Phi) is 5.03. The molecule has 0 heterocycles. The molecule has 0 bridgehead atoms. The molecule has 0 atom stereocenters. The molecule has 0 aromatic rings. The summed E-state index contributed by atoms with van der Waals surface area (Å²) in [5.41, 5.74) is 0. The monoisotopic (exact) mass is 178 g/mol. The van der Waals surface area contributed by atoms with Crippen LogP contribution in [0.2, 0.25) is 4.44 Å². The van der Waals surface area contributed by atoms with Crippen LogP contribution in [-0.2, 0) is 0 Å². The fourth-order valence-corrected chi connectivity index (χ4v) is 0.791. The van der Waals surface area contributed by atoms with E-state index in [4.69, 9.17) is 0 Å². The third-order valence-electron chi connectivity index (χ3n) is 0.354. The van der Waals surface area contributed by atoms with Gasteiger partial charge in [-0.15, -0.1) is 0 Å². The van der Waals surface area contributed by atoms with Crippen molar-refractivity contribution in [2.45, 2.75) is 11.4 Å². The van der Waals surface area contributed by atoms with Gasteiger partial charge in [0.15, 0.2) is 0 Å². The Morgan fingerprint density at radius 2 is 2.60 bits per heavy atom. The van der Waals surface area contributed by atoms with Crippen molar-refractivity contribution in [1.82, 2.24) is 0 Å². The van der Waals surface area contributed by atoms with E-state index in [1.165, 1.54) is 4.44 Å². The molecule has 0 fully saturated rings. The summed E-state index contributed by atoms with van der Waals surface area (Å²) in [5.74, 6) is 0. The summed E-state index contributed by atoms with van der Waals surface area (Å²) in [6, 6.07) is 0. The van der Waals surface area contributed by atoms with E-state index < -0.39 is 0 Å². The van der Waals surface area contributed by atoms with Crippen molar-refractivity contribution in [3.05, 3.63) is 12.2 Å². The minimum absolute atomic E-state index is 0. The van der Waals surface area contributed by atoms with Gasteiger partial charge in [-0.3, -0.25) is 0 Å². The van der Waals surface area contributed by atoms with Gasteiger partial charge >= 0.3 is 46.0 Å². The Morgan fingerprint density at radius 1 is 2.00 bits per heavy atom. The summed E-state index contributed by atoms with van der Waals surface area (Å²) in [7, 11) is 0. The van der Waals surface area contributed by atoms with Crippen LogP contribution in [0, 0.1) is 0 Å². The fourth-order valence-electron chi connectivity index (χ4n) is 0.118. The second-order valence-electron chi connectivity index (χ2n) is 0.773. The summed E-state index contributed by atoms with van der Waals surface area (Å²) >= 11 is 1.60. The Bertz CT molecular complexity index is 38.3. The average molecular weight is 177 g/mol. The van der Waals surface area contributed by atoms with E-state index in [1.807, 2.05) is 6.92 Å². The first-order valence-electron chi connectivity index (χ1n) is 1.67. The summed E-state index contributed by atoms with van der Waals surface area (Å²) in [4.78, 5) is 0. The van der Waals surface area contributed by atoms with E-state index in [-0.39, 0.29) is 4.28 Å². The van der Waals surface area contributed by atoms with Crippen LogP contribution in [0.3, 0.4) is 0 Å². The molecule has 0 saturated carbocycles. The van der Waals surface area contributed by atoms with Crippen LogP contribution < -0.4 is 0 Å². The maximum atomic E-state index is 2.16. The molecule has 0 aliphatic heterocycles. The van der Waals surface area contributed by atoms with Crippen molar-refractivity contribution in [2.75, 3.05) is 0 Å². The van der Waals surface area contributed by atoms with Gasteiger partial charge in [-0.05, 0) is 0 Å². The molecule has 5 heavy (non-hydrogen) atoms. The Balaban J connectivity index is -0.0000000267. The smallest absolute Gasteiger partial charge is 1.00 e. The second-order valence-corrected chi connectivity index (χ2v) is 1.94. The summed E-state index contributed by atoms with van der Waals surface area (Å²) in [5, 5.41) is 0. The Labute approximate surface area is 50.8 Å². The van der Waals surface area contributed by atoms with E-state index in [0.29, 0.717) is 0 Å². The van der Waals surface area contributed by atoms with Gasteiger partial charge in [-0.25, -0.2) is 0 Å². The van der Waals surface area contributed by atoms with Gasteiger partial charge in [-0.1, -0.05) is 0 Å². The summed E-state index contributed by atoms with van der Waals surface area (Å²) in [6.07, 6.45) is 4.24. The maximum absolute atomic E-state index is 2.16. The molecule has 0 aliphatic carbocycles. The van der Waals surface area contributed by atoms with Gasteiger partial charge in [-0.2, -0.15) is 0 Å². The van der Waals surface area contributed by atoms with Crippen molar-refractivity contribution < 1.29 is 4.28 Å². The third-order valence-corrected chi connectivity index (χ3v) is 1.03. The van der Waals surface area contributed by atoms with Gasteiger partial charge in [0.25, 0.3) is 0 Å². The Hall–Kier alpha value is 0.539. The molecular formula is C4H10Sn-3. The quantitative estimate of drug-likeness (QED) is 0.420. The van der Waals surface area contributed by atoms with E-state index in [1.54, 1.807) is 22.5 Å². The van der Waals surface area contributed by atoms with Crippen LogP contribution >= 0.6 is 0 Å². The molecule has 0 saturated heterocycles. The predicted molar refractivity (Wildman–Crippen MR) is 28.7 cm³/mol. The van der Waals surface area contributed by atoms with Crippen LogP contribution in [0.1, 0.15) is 11.2 Å². The summed E-state index contributed by atoms with van der Waals surface area (Å²) < 4.78 is 1.25. The standard InChI is InChI=1S/C4H7.Sn.3H/c1-3-4-2;;;;/h3-4H,1H2,2H3;;;;/q;;3*-1. The molecule has 3 radical (unpaired) electrons. The van der Waals surface area contributed by atoms with Crippen LogP contribution in [-0.4, -0.2) is 22.5 Å². The third kappa shape index (κ3) is 4.54. The van der Waals surface area contributed by atoms with E-state index in [0.717, 1.165) is 0 Å². The van der Waals surface area contributed by atoms with E-state index in [2.05, 4.69) is 12.2 Å². The molecule has 0 aromatic carbocycles. The molecule has 0 N–H and O–H groups in total. The predicted octanol–water partition coefficient (Wildman–Crippen LogP) is 1.49. The van der Waals surface area contributed by atoms with Gasteiger partial charge in [0.2, 0.25) is 0 Å². The molecule has 0 rings (SSSR count). The molecular weight excluding hydrogens is 167 g/mol. The molecule has 0 spiro atoms. The maximum Gasteiger partial charge on any atom is -1.00 e. The van der Waals surface area contributed by atoms with Crippen LogP contribution in [0.25, 0.3) is 0 Å². The summed E-state index contributed by atoms with van der Waals surface area (Å²) in [6.45, 7) is 2.05. The normalized spacial score (nSPS) is 10.0. The topological polar surface area (TPSA) is 0 Å². The molecule has 0 aromatic heterocycles. The minimum Gasteiger partial charge on any atom is -1.00 e. The SMILES string of the molecule is CC=C[CH2][Sn].[H-].[H-].[H-]. The zero-order chi connectivity index (χ0) is 4.12. The molecule has 1 heteroatoms. The molecule has 33 valence electrons. The van der Waals surface area contributed by atoms with Crippen molar-refractivity contribution in [2.24, 2.45) is 0 Å². The number of hydrogen-bond acceptors (Lipinski definition) is 0. The zero-order valence-electron chi connectivity index (χ0n) is 6.36. The van der Waals surface area contributed by atoms with Crippen LogP contribution in [0.4, 0.5) is 0 Å². The van der Waals surface area contributed by atoms with Gasteiger partial charge in [0, 0.05) is 0 Å². The molecule has 0 unspecified atom stereocenters. The van der Waals surface area contributed by atoms with Crippen molar-refractivity contribution in [3.63, 3.8) is 0 Å². The van der Waals surface area contributed by atoms with Crippen molar-refractivity contribution >= 4 is 22.5 Å². The van der Waals surface area contributed by atoms with Gasteiger partial charge in [0.05, 0.1) is 0 Å². The zero-order valence-corrected chi connectivity index (χ0v) is 6.22. The van der Waals surface area contributed by atoms with E-state index in [9.17, 15) is 0 Å². The molecule has 0 nitrogen and oxygen atoms in total. The van der Waals surface area contributed by atoms with Crippen LogP contribution in [0.5, 0.6) is 0 Å². The molecule has 0 aliphatic rings. The van der Waals surface area contributed by atoms with Crippen molar-refractivity contribution in [3.8, 4) is 0 Å². The second kappa shape index (κ2) is 4.54. The minimum atomic E-state index is 0. The first-order chi connectivity index (χ1) is 2.41. The largest absolute Gasteiger partial charge is 1.00 e. The van der Waals surface area contributed by atoms with Crippen LogP contribution in [0.15, 0.2) is 12.2 Å². The van der Waals surface area contributed by atoms with Gasteiger partial charge < -0.3 is 4.28 Å². The average Bonchev–Trinajstić information content (AvgIpc) is 1.41. The number of rotatable bonds is 1. The van der Waals surface area contributed by atoms with Crippen molar-refractivity contribution in [1.29, 1.82) is 0 Å². The first kappa shape index (κ1) is 5.54. The number of allylic oxidation sites excluding steroid dienone is 2. The number of hydrogen-bond donors (Lipinski definition) is 0. The van der Waals surface area contributed by atoms with E-state index >= 15 is 0 Å². The van der Waals surface area contributed by atoms with Gasteiger partial charge in [0.1, 0.15) is 0 Å². The fraction of sp³-hybridized carbons (Fsp3) is 0.500. The molecule has 0 amide bonds.